The number of anilines is 1. The number of nitrogens with one attached hydrogen (secondary N) is 1. The third kappa shape index (κ3) is 4.72. The molecule has 1 aliphatic heterocycles. The highest BCUT2D eigenvalue weighted by Gasteiger charge is 2.18. The minimum Gasteiger partial charge on any atom is -0.384 e. The lowest BCUT2D eigenvalue weighted by Gasteiger charge is -2.32. The lowest BCUT2D eigenvalue weighted by molar-refractivity contribution is -0.130. The van der Waals surface area contributed by atoms with Crippen LogP contribution >= 0.6 is 0 Å². The molecule has 1 saturated heterocycles. The van der Waals surface area contributed by atoms with E-state index in [2.05, 4.69) is 23.3 Å². The molecule has 0 saturated carbocycles. The second-order valence-corrected chi connectivity index (χ2v) is 5.44. The molecule has 1 amide bonds. The van der Waals surface area contributed by atoms with Crippen molar-refractivity contribution in [3.05, 3.63) is 29.8 Å². The smallest absolute Gasteiger partial charge is 0.241 e. The van der Waals surface area contributed by atoms with Gasteiger partial charge in [-0.05, 0) is 25.1 Å². The fraction of sp³-hybridized carbons (Fsp3) is 0.562. The Bertz CT molecular complexity index is 457. The molecule has 2 rings (SSSR count). The normalized spacial score (nSPS) is 16.0. The monoisotopic (exact) mass is 291 g/mol. The Morgan fingerprint density at radius 1 is 1.24 bits per heavy atom. The van der Waals surface area contributed by atoms with Gasteiger partial charge in [-0.2, -0.15) is 0 Å². The van der Waals surface area contributed by atoms with E-state index >= 15 is 0 Å². The van der Waals surface area contributed by atoms with E-state index < -0.39 is 0 Å². The highest BCUT2D eigenvalue weighted by Crippen LogP contribution is 2.15. The average molecular weight is 291 g/mol. The summed E-state index contributed by atoms with van der Waals surface area (Å²) in [6, 6.07) is 8.08. The highest BCUT2D eigenvalue weighted by atomic mass is 16.5. The molecule has 0 radical (unpaired) electrons. The number of nitrogens with zero attached hydrogens (tertiary/aromatic N) is 2. The molecule has 1 heterocycles. The van der Waals surface area contributed by atoms with Gasteiger partial charge in [-0.25, -0.2) is 0 Å². The first kappa shape index (κ1) is 15.8. The summed E-state index contributed by atoms with van der Waals surface area (Å²) < 4.78 is 5.12. The molecule has 1 aromatic rings. The van der Waals surface area contributed by atoms with E-state index in [-0.39, 0.29) is 5.91 Å². The topological polar surface area (TPSA) is 44.8 Å². The van der Waals surface area contributed by atoms with E-state index in [1.807, 2.05) is 23.1 Å². The first-order chi connectivity index (χ1) is 10.2. The van der Waals surface area contributed by atoms with Crippen LogP contribution in [0.25, 0.3) is 0 Å². The number of carbonyl (C=O) groups excluding carboxylic acids is 1. The molecule has 1 fully saturated rings. The molecular formula is C16H25N3O2. The molecule has 21 heavy (non-hydrogen) atoms. The van der Waals surface area contributed by atoms with Crippen LogP contribution in [0.3, 0.4) is 0 Å². The second-order valence-electron chi connectivity index (χ2n) is 5.44. The van der Waals surface area contributed by atoms with Gasteiger partial charge in [0.1, 0.15) is 0 Å². The number of piperazine rings is 1. The van der Waals surface area contributed by atoms with E-state index in [9.17, 15) is 4.79 Å². The molecule has 0 spiro atoms. The lowest BCUT2D eigenvalue weighted by Crippen LogP contribution is -2.48. The maximum atomic E-state index is 12.2. The van der Waals surface area contributed by atoms with Crippen LogP contribution in [-0.4, -0.2) is 69.2 Å². The zero-order chi connectivity index (χ0) is 15.1. The number of likely N-dealkylation sites (N-methyl/N-ethyl adjacent to an activating group) is 1. The lowest BCUT2D eigenvalue weighted by atomic mass is 10.1. The number of para-hydroxylation sites is 1. The SMILES string of the molecule is COCCc1ccccc1NCC(=O)N1CCN(C)CC1. The van der Waals surface area contributed by atoms with Gasteiger partial charge in [0.15, 0.2) is 0 Å². The Balaban J connectivity index is 1.86. The standard InChI is InChI=1S/C16H25N3O2/c1-18-8-10-19(11-9-18)16(20)13-17-15-6-4-3-5-14(15)7-12-21-2/h3-6,17H,7-13H2,1-2H3. The van der Waals surface area contributed by atoms with Gasteiger partial charge in [-0.1, -0.05) is 18.2 Å². The number of methoxy groups -OCH3 is 1. The summed E-state index contributed by atoms with van der Waals surface area (Å²) in [6.45, 7) is 4.59. The van der Waals surface area contributed by atoms with Crippen molar-refractivity contribution in [1.29, 1.82) is 0 Å². The Morgan fingerprint density at radius 2 is 1.95 bits per heavy atom. The number of benzene rings is 1. The molecule has 5 nitrogen and oxygen atoms in total. The summed E-state index contributed by atoms with van der Waals surface area (Å²) >= 11 is 0. The maximum absolute atomic E-state index is 12.2. The van der Waals surface area contributed by atoms with Crippen molar-refractivity contribution in [3.8, 4) is 0 Å². The number of rotatable bonds is 6. The van der Waals surface area contributed by atoms with Crippen LogP contribution in [0.15, 0.2) is 24.3 Å². The third-order valence-corrected chi connectivity index (χ3v) is 3.88. The van der Waals surface area contributed by atoms with Gasteiger partial charge in [0.25, 0.3) is 0 Å². The number of hydrogen-bond acceptors (Lipinski definition) is 4. The quantitative estimate of drug-likeness (QED) is 0.851. The Kier molecular flexibility index (Phi) is 6.02. The molecule has 1 aromatic carbocycles. The van der Waals surface area contributed by atoms with Crippen molar-refractivity contribution in [2.45, 2.75) is 6.42 Å². The number of carbonyl (C=O) groups is 1. The van der Waals surface area contributed by atoms with Crippen molar-refractivity contribution in [3.63, 3.8) is 0 Å². The zero-order valence-electron chi connectivity index (χ0n) is 13.0. The first-order valence-corrected chi connectivity index (χ1v) is 7.47. The van der Waals surface area contributed by atoms with Crippen LogP contribution in [0.5, 0.6) is 0 Å². The largest absolute Gasteiger partial charge is 0.384 e. The van der Waals surface area contributed by atoms with Gasteiger partial charge in [0, 0.05) is 39.0 Å². The molecule has 0 unspecified atom stereocenters. The number of amides is 1. The van der Waals surface area contributed by atoms with Gasteiger partial charge >= 0.3 is 0 Å². The van der Waals surface area contributed by atoms with Gasteiger partial charge in [0.2, 0.25) is 5.91 Å². The van der Waals surface area contributed by atoms with Crippen molar-refractivity contribution >= 4 is 11.6 Å². The molecule has 0 atom stereocenters. The van der Waals surface area contributed by atoms with E-state index in [0.717, 1.165) is 38.3 Å². The van der Waals surface area contributed by atoms with Crippen LogP contribution in [0, 0.1) is 0 Å². The molecular weight excluding hydrogens is 266 g/mol. The van der Waals surface area contributed by atoms with E-state index in [0.29, 0.717) is 13.2 Å². The van der Waals surface area contributed by atoms with Crippen LogP contribution in [-0.2, 0) is 16.0 Å². The molecule has 116 valence electrons. The Labute approximate surface area is 126 Å². The van der Waals surface area contributed by atoms with Gasteiger partial charge < -0.3 is 19.9 Å². The molecule has 0 bridgehead atoms. The minimum atomic E-state index is 0.171. The summed E-state index contributed by atoms with van der Waals surface area (Å²) in [6.07, 6.45) is 0.850. The van der Waals surface area contributed by atoms with Gasteiger partial charge in [-0.15, -0.1) is 0 Å². The zero-order valence-corrected chi connectivity index (χ0v) is 13.0. The van der Waals surface area contributed by atoms with Gasteiger partial charge in [-0.3, -0.25) is 4.79 Å². The minimum absolute atomic E-state index is 0.171. The number of hydrogen-bond donors (Lipinski definition) is 1. The fourth-order valence-corrected chi connectivity index (χ4v) is 2.46. The number of ether oxygens (including phenoxy) is 1. The van der Waals surface area contributed by atoms with E-state index in [4.69, 9.17) is 4.74 Å². The first-order valence-electron chi connectivity index (χ1n) is 7.47. The second kappa shape index (κ2) is 8.00. The summed E-state index contributed by atoms with van der Waals surface area (Å²) in [5.41, 5.74) is 2.21. The Hall–Kier alpha value is -1.59. The van der Waals surface area contributed by atoms with Crippen LogP contribution in [0.4, 0.5) is 5.69 Å². The van der Waals surface area contributed by atoms with Crippen molar-refractivity contribution in [2.24, 2.45) is 0 Å². The summed E-state index contributed by atoms with van der Waals surface area (Å²) in [5.74, 6) is 0.171. The Morgan fingerprint density at radius 3 is 2.67 bits per heavy atom. The third-order valence-electron chi connectivity index (χ3n) is 3.88. The summed E-state index contributed by atoms with van der Waals surface area (Å²) in [4.78, 5) is 16.4. The fourth-order valence-electron chi connectivity index (χ4n) is 2.46. The molecule has 5 heteroatoms. The molecule has 0 aliphatic carbocycles. The highest BCUT2D eigenvalue weighted by molar-refractivity contribution is 5.81. The van der Waals surface area contributed by atoms with E-state index in [1.54, 1.807) is 7.11 Å². The molecule has 1 aliphatic rings. The van der Waals surface area contributed by atoms with Crippen molar-refractivity contribution in [2.75, 3.05) is 58.8 Å². The summed E-state index contributed by atoms with van der Waals surface area (Å²) in [7, 11) is 3.79. The predicted octanol–water partition coefficient (Wildman–Crippen LogP) is 1.06. The van der Waals surface area contributed by atoms with Crippen molar-refractivity contribution in [1.82, 2.24) is 9.80 Å². The van der Waals surface area contributed by atoms with Crippen LogP contribution in [0.2, 0.25) is 0 Å². The van der Waals surface area contributed by atoms with Gasteiger partial charge in [0.05, 0.1) is 13.2 Å². The van der Waals surface area contributed by atoms with Crippen LogP contribution < -0.4 is 5.32 Å². The van der Waals surface area contributed by atoms with Crippen molar-refractivity contribution < 1.29 is 9.53 Å². The van der Waals surface area contributed by atoms with E-state index in [1.165, 1.54) is 5.56 Å². The summed E-state index contributed by atoms with van der Waals surface area (Å²) in [5, 5.41) is 3.27. The molecule has 1 N–H and O–H groups in total. The van der Waals surface area contributed by atoms with Crippen LogP contribution in [0.1, 0.15) is 5.56 Å². The molecule has 0 aromatic heterocycles. The predicted molar refractivity (Wildman–Crippen MR) is 84.6 cm³/mol. The maximum Gasteiger partial charge on any atom is 0.241 e. The average Bonchev–Trinajstić information content (AvgIpc) is 2.52.